The molecule has 0 aliphatic carbocycles. The van der Waals surface area contributed by atoms with Crippen molar-refractivity contribution in [3.8, 4) is 0 Å². The van der Waals surface area contributed by atoms with Crippen LogP contribution in [0, 0.1) is 6.92 Å². The second-order valence-electron chi connectivity index (χ2n) is 6.22. The molecule has 3 rings (SSSR count). The average Bonchev–Trinajstić information content (AvgIpc) is 2.92. The predicted molar refractivity (Wildman–Crippen MR) is 92.0 cm³/mol. The van der Waals surface area contributed by atoms with Crippen molar-refractivity contribution >= 4 is 12.0 Å². The fourth-order valence-corrected chi connectivity index (χ4v) is 3.24. The normalized spacial score (nSPS) is 18.5. The molecule has 4 nitrogen and oxygen atoms in total. The third-order valence-corrected chi connectivity index (χ3v) is 4.35. The fourth-order valence-electron chi connectivity index (χ4n) is 3.24. The maximum atomic E-state index is 12.5. The number of carbonyl (C=O) groups is 1. The highest BCUT2D eigenvalue weighted by Crippen LogP contribution is 2.26. The summed E-state index contributed by atoms with van der Waals surface area (Å²) < 4.78 is 2.09. The summed E-state index contributed by atoms with van der Waals surface area (Å²) in [5.41, 5.74) is 2.09. The van der Waals surface area contributed by atoms with Crippen LogP contribution in [0.15, 0.2) is 42.6 Å². The van der Waals surface area contributed by atoms with Crippen molar-refractivity contribution in [2.24, 2.45) is 7.05 Å². The molecule has 1 aromatic carbocycles. The zero-order valence-electron chi connectivity index (χ0n) is 13.8. The van der Waals surface area contributed by atoms with Crippen LogP contribution >= 0.6 is 0 Å². The molecule has 1 atom stereocenters. The van der Waals surface area contributed by atoms with Crippen LogP contribution in [0.25, 0.3) is 6.08 Å². The fraction of sp³-hybridized carbons (Fsp3) is 0.368. The molecule has 0 radical (unpaired) electrons. The van der Waals surface area contributed by atoms with Crippen LogP contribution in [0.5, 0.6) is 0 Å². The Morgan fingerprint density at radius 2 is 2.09 bits per heavy atom. The molecule has 0 N–H and O–H groups in total. The number of imidazole rings is 1. The molecule has 0 bridgehead atoms. The molecule has 1 amide bonds. The van der Waals surface area contributed by atoms with Gasteiger partial charge in [-0.2, -0.15) is 0 Å². The van der Waals surface area contributed by atoms with Crippen LogP contribution < -0.4 is 0 Å². The summed E-state index contributed by atoms with van der Waals surface area (Å²) in [6.07, 6.45) is 7.74. The smallest absolute Gasteiger partial charge is 0.246 e. The molecule has 1 saturated heterocycles. The molecule has 120 valence electrons. The van der Waals surface area contributed by atoms with Gasteiger partial charge in [-0.1, -0.05) is 30.3 Å². The largest absolute Gasteiger partial charge is 0.338 e. The lowest BCUT2D eigenvalue weighted by Crippen LogP contribution is -2.38. The number of hydrogen-bond acceptors (Lipinski definition) is 2. The average molecular weight is 309 g/mol. The van der Waals surface area contributed by atoms with Gasteiger partial charge in [-0.05, 0) is 31.4 Å². The van der Waals surface area contributed by atoms with Crippen molar-refractivity contribution < 1.29 is 4.79 Å². The second-order valence-corrected chi connectivity index (χ2v) is 6.22. The zero-order chi connectivity index (χ0) is 16.2. The van der Waals surface area contributed by atoms with Gasteiger partial charge in [-0.25, -0.2) is 4.98 Å². The van der Waals surface area contributed by atoms with E-state index in [0.717, 1.165) is 43.0 Å². The third-order valence-electron chi connectivity index (χ3n) is 4.35. The van der Waals surface area contributed by atoms with E-state index in [1.165, 1.54) is 0 Å². The Balaban J connectivity index is 1.67. The van der Waals surface area contributed by atoms with E-state index in [1.807, 2.05) is 61.5 Å². The van der Waals surface area contributed by atoms with Crippen molar-refractivity contribution in [1.82, 2.24) is 14.5 Å². The number of hydrogen-bond donors (Lipinski definition) is 0. The van der Waals surface area contributed by atoms with Gasteiger partial charge in [0.25, 0.3) is 0 Å². The highest BCUT2D eigenvalue weighted by atomic mass is 16.2. The number of amides is 1. The monoisotopic (exact) mass is 309 g/mol. The number of piperidine rings is 1. The van der Waals surface area contributed by atoms with Gasteiger partial charge in [0.05, 0.1) is 5.69 Å². The SMILES string of the molecule is Cc1cn(C)c([C@H]2CCCN(C(=O)/C=C/c3ccccc3)C2)n1. The summed E-state index contributed by atoms with van der Waals surface area (Å²) in [7, 11) is 2.03. The number of rotatable bonds is 3. The minimum atomic E-state index is 0.0875. The first-order valence-corrected chi connectivity index (χ1v) is 8.15. The summed E-state index contributed by atoms with van der Waals surface area (Å²) in [4.78, 5) is 19.0. The van der Waals surface area contributed by atoms with E-state index in [2.05, 4.69) is 9.55 Å². The molecule has 0 spiro atoms. The van der Waals surface area contributed by atoms with Crippen molar-refractivity contribution in [3.63, 3.8) is 0 Å². The molecule has 4 heteroatoms. The first kappa shape index (κ1) is 15.5. The molecular formula is C19H23N3O. The highest BCUT2D eigenvalue weighted by Gasteiger charge is 2.26. The van der Waals surface area contributed by atoms with Crippen molar-refractivity contribution in [2.75, 3.05) is 13.1 Å². The van der Waals surface area contributed by atoms with E-state index in [4.69, 9.17) is 0 Å². The van der Waals surface area contributed by atoms with Gasteiger partial charge in [0.15, 0.2) is 0 Å². The van der Waals surface area contributed by atoms with Crippen LogP contribution in [0.4, 0.5) is 0 Å². The Bertz CT molecular complexity index is 703. The number of carbonyl (C=O) groups excluding carboxylic acids is 1. The van der Waals surface area contributed by atoms with Gasteiger partial charge in [0.2, 0.25) is 5.91 Å². The van der Waals surface area contributed by atoms with Gasteiger partial charge < -0.3 is 9.47 Å². The van der Waals surface area contributed by atoms with E-state index >= 15 is 0 Å². The topological polar surface area (TPSA) is 38.1 Å². The van der Waals surface area contributed by atoms with Gasteiger partial charge in [0.1, 0.15) is 5.82 Å². The Labute approximate surface area is 137 Å². The zero-order valence-corrected chi connectivity index (χ0v) is 13.8. The van der Waals surface area contributed by atoms with E-state index in [1.54, 1.807) is 6.08 Å². The summed E-state index contributed by atoms with van der Waals surface area (Å²) in [5, 5.41) is 0. The first-order chi connectivity index (χ1) is 11.1. The van der Waals surface area contributed by atoms with Gasteiger partial charge in [-0.3, -0.25) is 4.79 Å². The Kier molecular flexibility index (Phi) is 4.60. The lowest BCUT2D eigenvalue weighted by atomic mass is 9.97. The summed E-state index contributed by atoms with van der Waals surface area (Å²) in [6.45, 7) is 3.60. The quantitative estimate of drug-likeness (QED) is 0.817. The van der Waals surface area contributed by atoms with E-state index < -0.39 is 0 Å². The first-order valence-electron chi connectivity index (χ1n) is 8.15. The number of benzene rings is 1. The molecule has 1 aliphatic rings. The van der Waals surface area contributed by atoms with Crippen LogP contribution in [-0.2, 0) is 11.8 Å². The maximum absolute atomic E-state index is 12.5. The summed E-state index contributed by atoms with van der Waals surface area (Å²) in [6, 6.07) is 9.93. The van der Waals surface area contributed by atoms with Crippen LogP contribution in [-0.4, -0.2) is 33.4 Å². The lowest BCUT2D eigenvalue weighted by molar-refractivity contribution is -0.127. The van der Waals surface area contributed by atoms with Crippen LogP contribution in [0.3, 0.4) is 0 Å². The van der Waals surface area contributed by atoms with E-state index in [9.17, 15) is 4.79 Å². The van der Waals surface area contributed by atoms with Crippen molar-refractivity contribution in [3.05, 3.63) is 59.7 Å². The third kappa shape index (κ3) is 3.70. The minimum absolute atomic E-state index is 0.0875. The summed E-state index contributed by atoms with van der Waals surface area (Å²) in [5.74, 6) is 1.51. The predicted octanol–water partition coefficient (Wildman–Crippen LogP) is 3.15. The number of aromatic nitrogens is 2. The molecule has 0 unspecified atom stereocenters. The van der Waals surface area contributed by atoms with Crippen LogP contribution in [0.1, 0.15) is 35.8 Å². The van der Waals surface area contributed by atoms with Gasteiger partial charge in [0, 0.05) is 38.3 Å². The molecule has 0 saturated carbocycles. The highest BCUT2D eigenvalue weighted by molar-refractivity contribution is 5.91. The molecular weight excluding hydrogens is 286 g/mol. The molecule has 23 heavy (non-hydrogen) atoms. The Morgan fingerprint density at radius 3 is 2.78 bits per heavy atom. The van der Waals surface area contributed by atoms with E-state index in [-0.39, 0.29) is 5.91 Å². The Hall–Kier alpha value is -2.36. The van der Waals surface area contributed by atoms with Crippen molar-refractivity contribution in [2.45, 2.75) is 25.7 Å². The second kappa shape index (κ2) is 6.82. The molecule has 2 heterocycles. The van der Waals surface area contributed by atoms with Crippen molar-refractivity contribution in [1.29, 1.82) is 0 Å². The summed E-state index contributed by atoms with van der Waals surface area (Å²) >= 11 is 0. The molecule has 2 aromatic rings. The van der Waals surface area contributed by atoms with Crippen LogP contribution in [0.2, 0.25) is 0 Å². The van der Waals surface area contributed by atoms with E-state index in [0.29, 0.717) is 5.92 Å². The van der Waals surface area contributed by atoms with Gasteiger partial charge in [-0.15, -0.1) is 0 Å². The number of nitrogens with zero attached hydrogens (tertiary/aromatic N) is 3. The molecule has 1 aliphatic heterocycles. The maximum Gasteiger partial charge on any atom is 0.246 e. The lowest BCUT2D eigenvalue weighted by Gasteiger charge is -2.31. The standard InChI is InChI=1S/C19H23N3O/c1-15-13-21(2)19(20-15)17-9-6-12-22(14-17)18(23)11-10-16-7-4-3-5-8-16/h3-5,7-8,10-11,13,17H,6,9,12,14H2,1-2H3/b11-10+/t17-/m0/s1. The molecule has 1 fully saturated rings. The molecule has 1 aromatic heterocycles. The number of likely N-dealkylation sites (tertiary alicyclic amines) is 1. The Morgan fingerprint density at radius 1 is 1.30 bits per heavy atom. The minimum Gasteiger partial charge on any atom is -0.338 e. The van der Waals surface area contributed by atoms with Gasteiger partial charge >= 0.3 is 0 Å². The number of aryl methyl sites for hydroxylation is 2.